The van der Waals surface area contributed by atoms with Crippen molar-refractivity contribution in [1.29, 1.82) is 0 Å². The molecule has 0 spiro atoms. The van der Waals surface area contributed by atoms with Gasteiger partial charge in [0.15, 0.2) is 4.96 Å². The van der Waals surface area contributed by atoms with Crippen LogP contribution in [0.5, 0.6) is 0 Å². The second-order valence-electron chi connectivity index (χ2n) is 6.35. The highest BCUT2D eigenvalue weighted by Crippen LogP contribution is 2.30. The van der Waals surface area contributed by atoms with Gasteiger partial charge in [0.25, 0.3) is 5.56 Å². The lowest BCUT2D eigenvalue weighted by atomic mass is 10.0. The molecule has 0 aliphatic heterocycles. The van der Waals surface area contributed by atoms with Crippen LogP contribution in [0.3, 0.4) is 0 Å². The van der Waals surface area contributed by atoms with Crippen LogP contribution in [0.15, 0.2) is 64.8 Å². The Labute approximate surface area is 163 Å². The van der Waals surface area contributed by atoms with Gasteiger partial charge in [-0.2, -0.15) is 5.21 Å². The smallest absolute Gasteiger partial charge is 0.268 e. The lowest BCUT2D eigenvalue weighted by molar-refractivity contribution is 0.881. The number of rotatable bonds is 3. The van der Waals surface area contributed by atoms with Gasteiger partial charge in [-0.1, -0.05) is 60.2 Å². The van der Waals surface area contributed by atoms with Crippen LogP contribution in [0.4, 0.5) is 0 Å². The number of fused-ring (bicyclic) bond motifs is 1. The van der Waals surface area contributed by atoms with Crippen LogP contribution >= 0.6 is 11.3 Å². The highest BCUT2D eigenvalue weighted by molar-refractivity contribution is 7.15. The van der Waals surface area contributed by atoms with Crippen molar-refractivity contribution in [3.8, 4) is 33.9 Å². The number of thiazole rings is 1. The molecule has 8 heteroatoms. The molecule has 0 atom stereocenters. The normalized spacial score (nSPS) is 11.2. The fraction of sp³-hybridized carbons (Fsp3) is 0.0500. The van der Waals surface area contributed by atoms with Crippen LogP contribution in [0.1, 0.15) is 5.56 Å². The Hall–Kier alpha value is -3.65. The molecule has 7 nitrogen and oxygen atoms in total. The molecule has 0 aliphatic rings. The van der Waals surface area contributed by atoms with E-state index in [1.165, 1.54) is 11.3 Å². The Bertz CT molecular complexity index is 1320. The molecule has 136 valence electrons. The number of nitrogens with zero attached hydrogens (tertiary/aromatic N) is 5. The van der Waals surface area contributed by atoms with E-state index in [2.05, 4.69) is 20.6 Å². The van der Waals surface area contributed by atoms with Crippen molar-refractivity contribution in [2.24, 2.45) is 0 Å². The maximum absolute atomic E-state index is 13.6. The summed E-state index contributed by atoms with van der Waals surface area (Å²) in [6, 6.07) is 17.6. The fourth-order valence-electron chi connectivity index (χ4n) is 3.15. The van der Waals surface area contributed by atoms with E-state index in [1.807, 2.05) is 66.9 Å². The Morgan fingerprint density at radius 1 is 1.00 bits per heavy atom. The van der Waals surface area contributed by atoms with Crippen molar-refractivity contribution in [2.75, 3.05) is 0 Å². The van der Waals surface area contributed by atoms with E-state index < -0.39 is 0 Å². The fourth-order valence-corrected chi connectivity index (χ4v) is 4.04. The highest BCUT2D eigenvalue weighted by Gasteiger charge is 2.22. The quantitative estimate of drug-likeness (QED) is 0.512. The van der Waals surface area contributed by atoms with Crippen molar-refractivity contribution >= 4 is 16.3 Å². The van der Waals surface area contributed by atoms with Crippen LogP contribution < -0.4 is 5.56 Å². The zero-order chi connectivity index (χ0) is 19.1. The van der Waals surface area contributed by atoms with Crippen molar-refractivity contribution < 1.29 is 0 Å². The van der Waals surface area contributed by atoms with Gasteiger partial charge in [-0.25, -0.2) is 4.98 Å². The van der Waals surface area contributed by atoms with E-state index in [0.717, 1.165) is 22.4 Å². The Morgan fingerprint density at radius 3 is 2.50 bits per heavy atom. The van der Waals surface area contributed by atoms with Crippen LogP contribution in [0, 0.1) is 6.92 Å². The van der Waals surface area contributed by atoms with Crippen LogP contribution in [-0.4, -0.2) is 30.0 Å². The second-order valence-corrected chi connectivity index (χ2v) is 7.18. The monoisotopic (exact) mass is 386 g/mol. The molecule has 5 aromatic rings. The largest absolute Gasteiger partial charge is 0.270 e. The summed E-state index contributed by atoms with van der Waals surface area (Å²) < 4.78 is 1.61. The van der Waals surface area contributed by atoms with E-state index >= 15 is 0 Å². The Kier molecular flexibility index (Phi) is 3.84. The molecule has 0 fully saturated rings. The average molecular weight is 386 g/mol. The molecule has 2 aromatic carbocycles. The Morgan fingerprint density at radius 2 is 1.79 bits per heavy atom. The molecule has 0 saturated carbocycles. The SMILES string of the molecule is Cc1ccc(-c2nc3scc(-c4ccccc4)n3c(=O)c2-c2nn[nH]n2)cc1. The van der Waals surface area contributed by atoms with Gasteiger partial charge in [-0.05, 0) is 17.7 Å². The van der Waals surface area contributed by atoms with Gasteiger partial charge in [-0.15, -0.1) is 21.5 Å². The molecule has 3 heterocycles. The molecule has 3 aromatic heterocycles. The summed E-state index contributed by atoms with van der Waals surface area (Å²) in [5, 5.41) is 16.1. The molecule has 0 saturated heterocycles. The average Bonchev–Trinajstić information content (AvgIpc) is 3.39. The predicted octanol–water partition coefficient (Wildman–Crippen LogP) is 3.58. The molecule has 0 amide bonds. The van der Waals surface area contributed by atoms with E-state index in [4.69, 9.17) is 4.98 Å². The summed E-state index contributed by atoms with van der Waals surface area (Å²) in [5.41, 5.74) is 4.35. The van der Waals surface area contributed by atoms with Crippen molar-refractivity contribution in [3.63, 3.8) is 0 Å². The topological polar surface area (TPSA) is 88.8 Å². The van der Waals surface area contributed by atoms with Gasteiger partial charge in [0.2, 0.25) is 5.82 Å². The first kappa shape index (κ1) is 16.5. The lowest BCUT2D eigenvalue weighted by Gasteiger charge is -2.08. The van der Waals surface area contributed by atoms with Crippen molar-refractivity contribution in [3.05, 3.63) is 75.9 Å². The number of aromatic amines is 1. The van der Waals surface area contributed by atoms with Crippen LogP contribution in [-0.2, 0) is 0 Å². The van der Waals surface area contributed by atoms with Gasteiger partial charge in [0, 0.05) is 10.9 Å². The predicted molar refractivity (Wildman–Crippen MR) is 108 cm³/mol. The van der Waals surface area contributed by atoms with Crippen LogP contribution in [0.25, 0.3) is 38.9 Å². The number of H-pyrrole nitrogens is 1. The van der Waals surface area contributed by atoms with Gasteiger partial charge in [-0.3, -0.25) is 9.20 Å². The van der Waals surface area contributed by atoms with Crippen molar-refractivity contribution in [2.45, 2.75) is 6.92 Å². The van der Waals surface area contributed by atoms with E-state index in [0.29, 0.717) is 16.2 Å². The number of aryl methyl sites for hydroxylation is 1. The summed E-state index contributed by atoms with van der Waals surface area (Å²) in [7, 11) is 0. The number of benzene rings is 2. The van der Waals surface area contributed by atoms with E-state index in [9.17, 15) is 4.79 Å². The molecule has 0 aliphatic carbocycles. The minimum atomic E-state index is -0.220. The molecule has 0 radical (unpaired) electrons. The number of nitrogens with one attached hydrogen (secondary N) is 1. The maximum atomic E-state index is 13.6. The second kappa shape index (κ2) is 6.50. The third-order valence-electron chi connectivity index (χ3n) is 4.53. The molecule has 0 bridgehead atoms. The minimum Gasteiger partial charge on any atom is -0.268 e. The standard InChI is InChI=1S/C20H14N6OS/c1-12-7-9-14(10-8-12)17-16(18-22-24-25-23-18)19(27)26-15(11-28-20(26)21-17)13-5-3-2-4-6-13/h2-11H,1H3,(H,22,23,24,25). The molecule has 1 N–H and O–H groups in total. The zero-order valence-electron chi connectivity index (χ0n) is 14.8. The van der Waals surface area contributed by atoms with Gasteiger partial charge in [0.05, 0.1) is 11.4 Å². The first-order valence-corrected chi connectivity index (χ1v) is 9.51. The summed E-state index contributed by atoms with van der Waals surface area (Å²) in [6.45, 7) is 2.01. The Balaban J connectivity index is 1.86. The minimum absolute atomic E-state index is 0.220. The number of hydrogen-bond acceptors (Lipinski definition) is 6. The summed E-state index contributed by atoms with van der Waals surface area (Å²) >= 11 is 1.43. The summed E-state index contributed by atoms with van der Waals surface area (Å²) in [6.07, 6.45) is 0. The van der Waals surface area contributed by atoms with E-state index in [1.54, 1.807) is 4.40 Å². The number of tetrazole rings is 1. The maximum Gasteiger partial charge on any atom is 0.270 e. The summed E-state index contributed by atoms with van der Waals surface area (Å²) in [4.78, 5) is 19.0. The van der Waals surface area contributed by atoms with Crippen molar-refractivity contribution in [1.82, 2.24) is 30.0 Å². The highest BCUT2D eigenvalue weighted by atomic mass is 32.1. The first-order valence-electron chi connectivity index (χ1n) is 8.63. The first-order chi connectivity index (χ1) is 13.7. The number of hydrogen-bond donors (Lipinski definition) is 1. The molecule has 0 unspecified atom stereocenters. The van der Waals surface area contributed by atoms with Crippen LogP contribution in [0.2, 0.25) is 0 Å². The van der Waals surface area contributed by atoms with E-state index in [-0.39, 0.29) is 11.4 Å². The molecular weight excluding hydrogens is 372 g/mol. The number of aromatic nitrogens is 6. The summed E-state index contributed by atoms with van der Waals surface area (Å²) in [5.74, 6) is 0.229. The molecular formula is C20H14N6OS. The van der Waals surface area contributed by atoms with Gasteiger partial charge in [0.1, 0.15) is 5.56 Å². The lowest BCUT2D eigenvalue weighted by Crippen LogP contribution is -2.19. The van der Waals surface area contributed by atoms with Gasteiger partial charge >= 0.3 is 0 Å². The third-order valence-corrected chi connectivity index (χ3v) is 5.36. The third kappa shape index (κ3) is 2.62. The zero-order valence-corrected chi connectivity index (χ0v) is 15.6. The van der Waals surface area contributed by atoms with Gasteiger partial charge < -0.3 is 0 Å². The molecule has 5 rings (SSSR count). The molecule has 28 heavy (non-hydrogen) atoms.